The third kappa shape index (κ3) is 2.47. The van der Waals surface area contributed by atoms with Gasteiger partial charge in [0.1, 0.15) is 11.8 Å². The minimum atomic E-state index is 0.319. The maximum Gasteiger partial charge on any atom is 0.233 e. The third-order valence-corrected chi connectivity index (χ3v) is 3.16. The van der Waals surface area contributed by atoms with Gasteiger partial charge in [0, 0.05) is 12.3 Å². The van der Waals surface area contributed by atoms with Gasteiger partial charge in [-0.15, -0.1) is 10.2 Å². The molecule has 92 valence electrons. The second-order valence-electron chi connectivity index (χ2n) is 4.50. The molecule has 0 aliphatic heterocycles. The minimum absolute atomic E-state index is 0.319. The van der Waals surface area contributed by atoms with Crippen LogP contribution in [0.1, 0.15) is 25.7 Å². The summed E-state index contributed by atoms with van der Waals surface area (Å²) in [6.45, 7) is 0. The molecule has 0 unspecified atom stereocenters. The van der Waals surface area contributed by atoms with E-state index >= 15 is 0 Å². The van der Waals surface area contributed by atoms with Crippen molar-refractivity contribution in [3.63, 3.8) is 0 Å². The van der Waals surface area contributed by atoms with Crippen molar-refractivity contribution in [3.05, 3.63) is 36.5 Å². The highest BCUT2D eigenvalue weighted by atomic mass is 16.5. The van der Waals surface area contributed by atoms with Gasteiger partial charge in [-0.1, -0.05) is 6.07 Å². The average molecular weight is 241 g/mol. The fraction of sp³-hybridized carbons (Fsp3) is 0.357. The van der Waals surface area contributed by atoms with Crippen LogP contribution in [0.4, 0.5) is 0 Å². The van der Waals surface area contributed by atoms with E-state index < -0.39 is 0 Å². The Kier molecular flexibility index (Phi) is 3.17. The number of aromatic nitrogens is 3. The molecular formula is C14H15N3O. The first-order chi connectivity index (χ1) is 8.92. The number of pyridine rings is 1. The van der Waals surface area contributed by atoms with E-state index in [9.17, 15) is 0 Å². The first-order valence-electron chi connectivity index (χ1n) is 6.33. The molecule has 0 N–H and O–H groups in total. The van der Waals surface area contributed by atoms with Crippen molar-refractivity contribution >= 4 is 0 Å². The van der Waals surface area contributed by atoms with Crippen LogP contribution >= 0.6 is 0 Å². The Morgan fingerprint density at radius 3 is 2.50 bits per heavy atom. The summed E-state index contributed by atoms with van der Waals surface area (Å²) < 4.78 is 5.77. The molecule has 0 atom stereocenters. The number of hydrogen-bond acceptors (Lipinski definition) is 4. The van der Waals surface area contributed by atoms with E-state index in [1.807, 2.05) is 30.3 Å². The highest BCUT2D eigenvalue weighted by Gasteiger charge is 2.17. The first kappa shape index (κ1) is 11.1. The van der Waals surface area contributed by atoms with Crippen LogP contribution < -0.4 is 4.74 Å². The SMILES string of the molecule is c1ccc(-c2ccc(OC3CCCC3)nn2)nc1. The molecule has 2 aromatic rings. The van der Waals surface area contributed by atoms with Crippen molar-refractivity contribution in [2.45, 2.75) is 31.8 Å². The summed E-state index contributed by atoms with van der Waals surface area (Å²) in [5.74, 6) is 0.613. The predicted octanol–water partition coefficient (Wildman–Crippen LogP) is 2.86. The lowest BCUT2D eigenvalue weighted by atomic mass is 10.2. The molecule has 0 amide bonds. The lowest BCUT2D eigenvalue weighted by molar-refractivity contribution is 0.199. The second kappa shape index (κ2) is 5.12. The summed E-state index contributed by atoms with van der Waals surface area (Å²) >= 11 is 0. The van der Waals surface area contributed by atoms with Crippen molar-refractivity contribution in [2.75, 3.05) is 0 Å². The van der Waals surface area contributed by atoms with Crippen molar-refractivity contribution in [2.24, 2.45) is 0 Å². The Morgan fingerprint density at radius 2 is 1.83 bits per heavy atom. The van der Waals surface area contributed by atoms with E-state index in [1.54, 1.807) is 6.20 Å². The smallest absolute Gasteiger partial charge is 0.233 e. The maximum atomic E-state index is 5.77. The molecule has 0 spiro atoms. The fourth-order valence-electron chi connectivity index (χ4n) is 2.21. The van der Waals surface area contributed by atoms with Crippen molar-refractivity contribution in [1.29, 1.82) is 0 Å². The zero-order valence-electron chi connectivity index (χ0n) is 10.1. The number of rotatable bonds is 3. The van der Waals surface area contributed by atoms with Crippen LogP contribution in [0.15, 0.2) is 36.5 Å². The molecule has 1 aliphatic carbocycles. The van der Waals surface area contributed by atoms with Gasteiger partial charge in [-0.3, -0.25) is 4.98 Å². The van der Waals surface area contributed by atoms with E-state index in [1.165, 1.54) is 12.8 Å². The molecule has 4 heteroatoms. The van der Waals surface area contributed by atoms with Crippen LogP contribution in [0, 0.1) is 0 Å². The molecule has 2 heterocycles. The van der Waals surface area contributed by atoms with Gasteiger partial charge in [0.25, 0.3) is 0 Å². The van der Waals surface area contributed by atoms with E-state index in [4.69, 9.17) is 4.74 Å². The van der Waals surface area contributed by atoms with Crippen molar-refractivity contribution < 1.29 is 4.74 Å². The van der Waals surface area contributed by atoms with Crippen LogP contribution in [-0.2, 0) is 0 Å². The van der Waals surface area contributed by atoms with Crippen LogP contribution in [-0.4, -0.2) is 21.3 Å². The molecule has 3 rings (SSSR count). The molecule has 1 fully saturated rings. The van der Waals surface area contributed by atoms with Gasteiger partial charge in [0.05, 0.1) is 5.69 Å². The Bertz CT molecular complexity index is 492. The maximum absolute atomic E-state index is 5.77. The van der Waals surface area contributed by atoms with Gasteiger partial charge in [-0.05, 0) is 43.9 Å². The molecule has 4 nitrogen and oxygen atoms in total. The molecule has 1 aliphatic rings. The van der Waals surface area contributed by atoms with Crippen molar-refractivity contribution in [3.8, 4) is 17.3 Å². The Labute approximate surface area is 106 Å². The Morgan fingerprint density at radius 1 is 0.944 bits per heavy atom. The number of hydrogen-bond donors (Lipinski definition) is 0. The molecule has 0 bridgehead atoms. The van der Waals surface area contributed by atoms with Crippen LogP contribution in [0.5, 0.6) is 5.88 Å². The number of ether oxygens (including phenoxy) is 1. The summed E-state index contributed by atoms with van der Waals surface area (Å²) in [4.78, 5) is 4.24. The molecule has 0 radical (unpaired) electrons. The normalized spacial score (nSPS) is 15.8. The molecule has 0 aromatic carbocycles. The van der Waals surface area contributed by atoms with Crippen LogP contribution in [0.2, 0.25) is 0 Å². The lowest BCUT2D eigenvalue weighted by Gasteiger charge is -2.11. The summed E-state index contributed by atoms with van der Waals surface area (Å²) in [6, 6.07) is 9.51. The van der Waals surface area contributed by atoms with E-state index in [-0.39, 0.29) is 0 Å². The largest absolute Gasteiger partial charge is 0.473 e. The van der Waals surface area contributed by atoms with Gasteiger partial charge in [-0.25, -0.2) is 0 Å². The van der Waals surface area contributed by atoms with Crippen LogP contribution in [0.3, 0.4) is 0 Å². The Balaban J connectivity index is 1.72. The molecular weight excluding hydrogens is 226 g/mol. The van der Waals surface area contributed by atoms with Gasteiger partial charge >= 0.3 is 0 Å². The quantitative estimate of drug-likeness (QED) is 0.829. The van der Waals surface area contributed by atoms with Gasteiger partial charge < -0.3 is 4.74 Å². The average Bonchev–Trinajstić information content (AvgIpc) is 2.94. The Hall–Kier alpha value is -1.97. The summed E-state index contributed by atoms with van der Waals surface area (Å²) in [7, 11) is 0. The molecule has 18 heavy (non-hydrogen) atoms. The monoisotopic (exact) mass is 241 g/mol. The second-order valence-corrected chi connectivity index (χ2v) is 4.50. The van der Waals surface area contributed by atoms with E-state index in [2.05, 4.69) is 15.2 Å². The highest BCUT2D eigenvalue weighted by Crippen LogP contribution is 2.23. The predicted molar refractivity (Wildman–Crippen MR) is 68.1 cm³/mol. The van der Waals surface area contributed by atoms with E-state index in [0.29, 0.717) is 12.0 Å². The topological polar surface area (TPSA) is 47.9 Å². The lowest BCUT2D eigenvalue weighted by Crippen LogP contribution is -2.12. The minimum Gasteiger partial charge on any atom is -0.473 e. The van der Waals surface area contributed by atoms with Crippen LogP contribution in [0.25, 0.3) is 11.4 Å². The zero-order chi connectivity index (χ0) is 12.2. The summed E-state index contributed by atoms with van der Waals surface area (Å²) in [6.07, 6.45) is 6.83. The molecule has 2 aromatic heterocycles. The fourth-order valence-corrected chi connectivity index (χ4v) is 2.21. The van der Waals surface area contributed by atoms with Crippen molar-refractivity contribution in [1.82, 2.24) is 15.2 Å². The third-order valence-electron chi connectivity index (χ3n) is 3.16. The zero-order valence-corrected chi connectivity index (χ0v) is 10.1. The van der Waals surface area contributed by atoms with Gasteiger partial charge in [0.15, 0.2) is 0 Å². The summed E-state index contributed by atoms with van der Waals surface area (Å²) in [5.41, 5.74) is 1.60. The molecule has 0 saturated heterocycles. The molecule has 1 saturated carbocycles. The number of nitrogens with zero attached hydrogens (tertiary/aromatic N) is 3. The van der Waals surface area contributed by atoms with Gasteiger partial charge in [-0.2, -0.15) is 0 Å². The first-order valence-corrected chi connectivity index (χ1v) is 6.33. The highest BCUT2D eigenvalue weighted by molar-refractivity contribution is 5.52. The van der Waals surface area contributed by atoms with Gasteiger partial charge in [0.2, 0.25) is 5.88 Å². The van der Waals surface area contributed by atoms with E-state index in [0.717, 1.165) is 24.2 Å². The summed E-state index contributed by atoms with van der Waals surface area (Å²) in [5, 5.41) is 8.26. The standard InChI is InChI=1S/C14H15N3O/c1-2-6-11(5-1)18-14-9-8-13(16-17-14)12-7-3-4-10-15-12/h3-4,7-11H,1-2,5-6H2.